The van der Waals surface area contributed by atoms with E-state index in [0.717, 1.165) is 6.07 Å². The number of amides is 1. The van der Waals surface area contributed by atoms with Crippen LogP contribution in [0.5, 0.6) is 0 Å². The van der Waals surface area contributed by atoms with Gasteiger partial charge >= 0.3 is 0 Å². The molecule has 0 fully saturated rings. The molecule has 0 spiro atoms. The molecule has 1 heterocycles. The van der Waals surface area contributed by atoms with Gasteiger partial charge in [-0.05, 0) is 45.4 Å². The summed E-state index contributed by atoms with van der Waals surface area (Å²) in [6.45, 7) is 6.94. The van der Waals surface area contributed by atoms with Gasteiger partial charge in [-0.15, -0.1) is 0 Å². The minimum Gasteiger partial charge on any atom is -0.385 e. The first-order valence-electron chi connectivity index (χ1n) is 8.95. The topological polar surface area (TPSA) is 67.2 Å². The third-order valence-electron chi connectivity index (χ3n) is 4.53. The molecule has 2 aromatic carbocycles. The summed E-state index contributed by atoms with van der Waals surface area (Å²) in [6, 6.07) is 11.2. The molecule has 1 aromatic heterocycles. The molecular formula is C21H23F2N3O2. The van der Waals surface area contributed by atoms with Crippen molar-refractivity contribution >= 4 is 22.9 Å². The molecule has 1 atom stereocenters. The van der Waals surface area contributed by atoms with E-state index in [1.165, 1.54) is 10.6 Å². The highest BCUT2D eigenvalue weighted by Gasteiger charge is 2.30. The Morgan fingerprint density at radius 3 is 2.36 bits per heavy atom. The number of rotatable bonds is 4. The Bertz CT molecular complexity index is 1020. The van der Waals surface area contributed by atoms with Gasteiger partial charge in [0.25, 0.3) is 0 Å². The minimum absolute atomic E-state index is 0.0161. The van der Waals surface area contributed by atoms with Gasteiger partial charge < -0.3 is 9.67 Å². The molecule has 3 aromatic rings. The molecule has 0 saturated heterocycles. The molecular weight excluding hydrogens is 364 g/mol. The average Bonchev–Trinajstić information content (AvgIpc) is 2.97. The number of aromatic nitrogens is 2. The van der Waals surface area contributed by atoms with Crippen molar-refractivity contribution in [2.45, 2.75) is 45.3 Å². The van der Waals surface area contributed by atoms with Crippen molar-refractivity contribution < 1.29 is 18.7 Å². The summed E-state index contributed by atoms with van der Waals surface area (Å²) in [5, 5.41) is 13.3. The number of nitrogens with zero attached hydrogens (tertiary/aromatic N) is 2. The van der Waals surface area contributed by atoms with Gasteiger partial charge in [-0.3, -0.25) is 10.1 Å². The molecule has 0 bridgehead atoms. The van der Waals surface area contributed by atoms with Gasteiger partial charge in [0.05, 0.1) is 17.5 Å². The summed E-state index contributed by atoms with van der Waals surface area (Å²) in [5.74, 6) is -2.39. The Morgan fingerprint density at radius 1 is 1.11 bits per heavy atom. The quantitative estimate of drug-likeness (QED) is 0.701. The second-order valence-electron chi connectivity index (χ2n) is 8.04. The zero-order chi connectivity index (χ0) is 20.7. The van der Waals surface area contributed by atoms with Gasteiger partial charge in [0, 0.05) is 5.54 Å². The van der Waals surface area contributed by atoms with E-state index in [1.54, 1.807) is 52.0 Å². The average molecular weight is 387 g/mol. The van der Waals surface area contributed by atoms with Gasteiger partial charge in [0.1, 0.15) is 5.52 Å². The number of anilines is 1. The van der Waals surface area contributed by atoms with Gasteiger partial charge in [-0.1, -0.05) is 30.3 Å². The summed E-state index contributed by atoms with van der Waals surface area (Å²) < 4.78 is 29.7. The number of aliphatic hydroxyl groups is 1. The first kappa shape index (κ1) is 19.9. The van der Waals surface area contributed by atoms with E-state index in [0.29, 0.717) is 5.56 Å². The van der Waals surface area contributed by atoms with Crippen LogP contribution in [0.2, 0.25) is 0 Å². The predicted octanol–water partition coefficient (Wildman–Crippen LogP) is 4.31. The summed E-state index contributed by atoms with van der Waals surface area (Å²) in [4.78, 5) is 16.9. The predicted molar refractivity (Wildman–Crippen MR) is 104 cm³/mol. The van der Waals surface area contributed by atoms with Crippen molar-refractivity contribution in [3.63, 3.8) is 0 Å². The largest absolute Gasteiger partial charge is 0.385 e. The Hall–Kier alpha value is -2.80. The molecule has 0 aliphatic rings. The maximum Gasteiger partial charge on any atom is 0.229 e. The fourth-order valence-electron chi connectivity index (χ4n) is 3.22. The van der Waals surface area contributed by atoms with Crippen molar-refractivity contribution in [3.05, 3.63) is 59.7 Å². The van der Waals surface area contributed by atoms with Crippen LogP contribution in [0.4, 0.5) is 14.7 Å². The molecule has 2 N–H and O–H groups in total. The fourth-order valence-corrected chi connectivity index (χ4v) is 3.22. The Labute approximate surface area is 162 Å². The zero-order valence-corrected chi connectivity index (χ0v) is 16.3. The normalized spacial score (nSPS) is 14.1. The summed E-state index contributed by atoms with van der Waals surface area (Å²) >= 11 is 0. The molecule has 0 radical (unpaired) electrons. The number of carbonyl (C=O) groups is 1. The lowest BCUT2D eigenvalue weighted by Gasteiger charge is -2.26. The first-order chi connectivity index (χ1) is 13.0. The van der Waals surface area contributed by atoms with E-state index in [4.69, 9.17) is 0 Å². The Morgan fingerprint density at radius 2 is 1.75 bits per heavy atom. The summed E-state index contributed by atoms with van der Waals surface area (Å²) in [5.41, 5.74) is -1.24. The van der Waals surface area contributed by atoms with Crippen LogP contribution in [0.1, 0.15) is 39.7 Å². The number of nitrogens with one attached hydrogen (secondary N) is 1. The minimum atomic E-state index is -1.39. The maximum atomic E-state index is 14.4. The maximum absolute atomic E-state index is 14.4. The Kier molecular flexibility index (Phi) is 4.97. The second kappa shape index (κ2) is 6.98. The van der Waals surface area contributed by atoms with Crippen molar-refractivity contribution in [3.8, 4) is 0 Å². The SMILES string of the molecule is CC(C)(C)n1c(NC(=O)C[C@](C)(O)c2ccccc2)nc2ccc(F)c(F)c21. The van der Waals surface area contributed by atoms with Crippen LogP contribution in [0.3, 0.4) is 0 Å². The van der Waals surface area contributed by atoms with Crippen molar-refractivity contribution in [2.75, 3.05) is 5.32 Å². The van der Waals surface area contributed by atoms with Crippen LogP contribution in [-0.2, 0) is 15.9 Å². The number of imidazole rings is 1. The lowest BCUT2D eigenvalue weighted by atomic mass is 9.92. The van der Waals surface area contributed by atoms with Gasteiger partial charge in [-0.2, -0.15) is 0 Å². The molecule has 3 rings (SSSR count). The van der Waals surface area contributed by atoms with E-state index in [2.05, 4.69) is 10.3 Å². The smallest absolute Gasteiger partial charge is 0.229 e. The molecule has 5 nitrogen and oxygen atoms in total. The van der Waals surface area contributed by atoms with Gasteiger partial charge in [-0.25, -0.2) is 13.8 Å². The zero-order valence-electron chi connectivity index (χ0n) is 16.3. The third kappa shape index (κ3) is 3.75. The number of carbonyl (C=O) groups excluding carboxylic acids is 1. The summed E-state index contributed by atoms with van der Waals surface area (Å²) in [6.07, 6.45) is -0.221. The lowest BCUT2D eigenvalue weighted by Crippen LogP contribution is -2.31. The monoisotopic (exact) mass is 387 g/mol. The van der Waals surface area contributed by atoms with Crippen LogP contribution in [-0.4, -0.2) is 20.6 Å². The van der Waals surface area contributed by atoms with E-state index >= 15 is 0 Å². The standard InChI is InChI=1S/C21H23F2N3O2/c1-20(2,3)26-18-15(11-10-14(22)17(18)23)24-19(26)25-16(27)12-21(4,28)13-8-6-5-7-9-13/h5-11,28H,12H2,1-4H3,(H,24,25,27)/t21-/m0/s1. The molecule has 7 heteroatoms. The van der Waals surface area contributed by atoms with Crippen molar-refractivity contribution in [2.24, 2.45) is 0 Å². The van der Waals surface area contributed by atoms with E-state index in [-0.39, 0.29) is 23.4 Å². The molecule has 0 aliphatic heterocycles. The molecule has 0 aliphatic carbocycles. The Balaban J connectivity index is 1.96. The van der Waals surface area contributed by atoms with Crippen LogP contribution < -0.4 is 5.32 Å². The van der Waals surface area contributed by atoms with Gasteiger partial charge in [0.2, 0.25) is 11.9 Å². The van der Waals surface area contributed by atoms with E-state index in [1.807, 2.05) is 6.07 Å². The van der Waals surface area contributed by atoms with Crippen molar-refractivity contribution in [1.82, 2.24) is 9.55 Å². The van der Waals surface area contributed by atoms with Crippen LogP contribution in [0, 0.1) is 11.6 Å². The highest BCUT2D eigenvalue weighted by molar-refractivity contribution is 5.92. The van der Waals surface area contributed by atoms with E-state index in [9.17, 15) is 18.7 Å². The number of hydrogen-bond acceptors (Lipinski definition) is 3. The molecule has 148 valence electrons. The van der Waals surface area contributed by atoms with Crippen LogP contribution >= 0.6 is 0 Å². The summed E-state index contributed by atoms with van der Waals surface area (Å²) in [7, 11) is 0. The third-order valence-corrected chi connectivity index (χ3v) is 4.53. The molecule has 0 saturated carbocycles. The van der Waals surface area contributed by atoms with E-state index < -0.39 is 28.7 Å². The van der Waals surface area contributed by atoms with Crippen molar-refractivity contribution in [1.29, 1.82) is 0 Å². The number of benzene rings is 2. The molecule has 1 amide bonds. The molecule has 28 heavy (non-hydrogen) atoms. The highest BCUT2D eigenvalue weighted by atomic mass is 19.2. The highest BCUT2D eigenvalue weighted by Crippen LogP contribution is 2.31. The van der Waals surface area contributed by atoms with Crippen LogP contribution in [0.25, 0.3) is 11.0 Å². The van der Waals surface area contributed by atoms with Gasteiger partial charge in [0.15, 0.2) is 11.6 Å². The number of fused-ring (bicyclic) bond motifs is 1. The fraction of sp³-hybridized carbons (Fsp3) is 0.333. The number of hydrogen-bond donors (Lipinski definition) is 2. The second-order valence-corrected chi connectivity index (χ2v) is 8.04. The lowest BCUT2D eigenvalue weighted by molar-refractivity contribution is -0.120. The first-order valence-corrected chi connectivity index (χ1v) is 8.95. The molecule has 0 unspecified atom stereocenters. The number of halogens is 2. The van der Waals surface area contributed by atoms with Crippen LogP contribution in [0.15, 0.2) is 42.5 Å².